The third-order valence-electron chi connectivity index (χ3n) is 3.21. The number of rotatable bonds is 3. The fraction of sp³-hybridized carbons (Fsp3) is 0.267. The van der Waals surface area contributed by atoms with Crippen LogP contribution in [-0.2, 0) is 6.42 Å². The Morgan fingerprint density at radius 2 is 1.82 bits per heavy atom. The van der Waals surface area contributed by atoms with Crippen molar-refractivity contribution in [1.82, 2.24) is 4.98 Å². The summed E-state index contributed by atoms with van der Waals surface area (Å²) in [5.41, 5.74) is 4.90. The van der Waals surface area contributed by atoms with Gasteiger partial charge in [-0.1, -0.05) is 37.3 Å². The first-order chi connectivity index (χ1) is 8.15. The lowest BCUT2D eigenvalue weighted by Crippen LogP contribution is -2.03. The van der Waals surface area contributed by atoms with Gasteiger partial charge in [0, 0.05) is 11.3 Å². The molecular weight excluding hydrogens is 210 g/mol. The summed E-state index contributed by atoms with van der Waals surface area (Å²) in [5, 5.41) is 0. The van der Waals surface area contributed by atoms with Crippen molar-refractivity contribution in [2.75, 3.05) is 0 Å². The average Bonchev–Trinajstić information content (AvgIpc) is 2.64. The Kier molecular flexibility index (Phi) is 3.14. The third kappa shape index (κ3) is 2.03. The standard InChI is InChI=1S/C15H17NO/c1-4-13-10(2)14(16-11(13)3)15(17)12-8-6-5-7-9-12/h5-9,16H,4H2,1-3H3. The van der Waals surface area contributed by atoms with E-state index < -0.39 is 0 Å². The van der Waals surface area contributed by atoms with E-state index in [1.807, 2.05) is 44.2 Å². The van der Waals surface area contributed by atoms with Crippen LogP contribution < -0.4 is 0 Å². The zero-order valence-corrected chi connectivity index (χ0v) is 10.5. The van der Waals surface area contributed by atoms with Crippen LogP contribution in [0.15, 0.2) is 30.3 Å². The molecule has 0 aliphatic rings. The summed E-state index contributed by atoms with van der Waals surface area (Å²) >= 11 is 0. The molecule has 0 aliphatic carbocycles. The molecule has 0 bridgehead atoms. The van der Waals surface area contributed by atoms with Crippen LogP contribution in [-0.4, -0.2) is 10.8 Å². The Morgan fingerprint density at radius 3 is 2.35 bits per heavy atom. The fourth-order valence-electron chi connectivity index (χ4n) is 2.28. The predicted molar refractivity (Wildman–Crippen MR) is 69.5 cm³/mol. The summed E-state index contributed by atoms with van der Waals surface area (Å²) in [4.78, 5) is 15.5. The van der Waals surface area contributed by atoms with E-state index in [4.69, 9.17) is 0 Å². The summed E-state index contributed by atoms with van der Waals surface area (Å²) in [7, 11) is 0. The molecule has 2 nitrogen and oxygen atoms in total. The Hall–Kier alpha value is -1.83. The summed E-state index contributed by atoms with van der Waals surface area (Å²) in [6.07, 6.45) is 0.955. The summed E-state index contributed by atoms with van der Waals surface area (Å²) in [5.74, 6) is 0.0749. The molecule has 0 saturated heterocycles. The molecule has 2 heteroatoms. The van der Waals surface area contributed by atoms with Gasteiger partial charge in [-0.2, -0.15) is 0 Å². The van der Waals surface area contributed by atoms with Crippen molar-refractivity contribution in [3.05, 3.63) is 58.4 Å². The zero-order valence-electron chi connectivity index (χ0n) is 10.5. The number of carbonyl (C=O) groups is 1. The van der Waals surface area contributed by atoms with Gasteiger partial charge in [0.15, 0.2) is 0 Å². The highest BCUT2D eigenvalue weighted by Crippen LogP contribution is 2.20. The van der Waals surface area contributed by atoms with Gasteiger partial charge >= 0.3 is 0 Å². The first kappa shape index (κ1) is 11.6. The lowest BCUT2D eigenvalue weighted by molar-refractivity contribution is 0.103. The molecule has 0 aliphatic heterocycles. The highest BCUT2D eigenvalue weighted by atomic mass is 16.1. The van der Waals surface area contributed by atoms with Gasteiger partial charge in [0.25, 0.3) is 0 Å². The number of aromatic nitrogens is 1. The largest absolute Gasteiger partial charge is 0.355 e. The molecule has 2 aromatic rings. The molecule has 0 amide bonds. The minimum Gasteiger partial charge on any atom is -0.355 e. The fourth-order valence-corrected chi connectivity index (χ4v) is 2.28. The smallest absolute Gasteiger partial charge is 0.209 e. The van der Waals surface area contributed by atoms with Crippen molar-refractivity contribution in [2.24, 2.45) is 0 Å². The molecule has 1 heterocycles. The van der Waals surface area contributed by atoms with Crippen LogP contribution in [0.5, 0.6) is 0 Å². The van der Waals surface area contributed by atoms with Gasteiger partial charge in [-0.25, -0.2) is 0 Å². The molecule has 1 aromatic carbocycles. The maximum Gasteiger partial charge on any atom is 0.209 e. The molecule has 0 fully saturated rings. The number of aromatic amines is 1. The number of carbonyl (C=O) groups excluding carboxylic acids is 1. The van der Waals surface area contributed by atoms with E-state index in [-0.39, 0.29) is 5.78 Å². The van der Waals surface area contributed by atoms with E-state index >= 15 is 0 Å². The second kappa shape index (κ2) is 4.58. The van der Waals surface area contributed by atoms with Crippen LogP contribution in [0.25, 0.3) is 0 Å². The zero-order chi connectivity index (χ0) is 12.4. The van der Waals surface area contributed by atoms with Gasteiger partial charge in [-0.3, -0.25) is 4.79 Å². The van der Waals surface area contributed by atoms with Gasteiger partial charge in [0.1, 0.15) is 0 Å². The molecule has 1 N–H and O–H groups in total. The van der Waals surface area contributed by atoms with Crippen molar-refractivity contribution in [1.29, 1.82) is 0 Å². The van der Waals surface area contributed by atoms with E-state index in [2.05, 4.69) is 11.9 Å². The third-order valence-corrected chi connectivity index (χ3v) is 3.21. The number of ketones is 1. The molecule has 17 heavy (non-hydrogen) atoms. The minimum atomic E-state index is 0.0749. The van der Waals surface area contributed by atoms with Gasteiger partial charge in [0.2, 0.25) is 5.78 Å². The van der Waals surface area contributed by atoms with E-state index in [9.17, 15) is 4.79 Å². The van der Waals surface area contributed by atoms with Crippen LogP contribution in [0.4, 0.5) is 0 Å². The number of nitrogens with one attached hydrogen (secondary N) is 1. The normalized spacial score (nSPS) is 10.5. The van der Waals surface area contributed by atoms with Crippen molar-refractivity contribution in [3.63, 3.8) is 0 Å². The molecular formula is C15H17NO. The summed E-state index contributed by atoms with van der Waals surface area (Å²) < 4.78 is 0. The number of benzene rings is 1. The minimum absolute atomic E-state index is 0.0749. The molecule has 0 saturated carbocycles. The summed E-state index contributed by atoms with van der Waals surface area (Å²) in [6, 6.07) is 9.40. The number of hydrogen-bond acceptors (Lipinski definition) is 1. The highest BCUT2D eigenvalue weighted by molar-refractivity contribution is 6.08. The molecule has 2 rings (SSSR count). The van der Waals surface area contributed by atoms with Gasteiger partial charge < -0.3 is 4.98 Å². The predicted octanol–water partition coefficient (Wildman–Crippen LogP) is 3.42. The number of hydrogen-bond donors (Lipinski definition) is 1. The Balaban J connectivity index is 2.45. The number of aryl methyl sites for hydroxylation is 1. The molecule has 88 valence electrons. The van der Waals surface area contributed by atoms with Crippen LogP contribution in [0, 0.1) is 13.8 Å². The molecule has 0 radical (unpaired) electrons. The van der Waals surface area contributed by atoms with E-state index in [0.717, 1.165) is 28.9 Å². The quantitative estimate of drug-likeness (QED) is 0.801. The van der Waals surface area contributed by atoms with Crippen LogP contribution >= 0.6 is 0 Å². The van der Waals surface area contributed by atoms with Gasteiger partial charge in [-0.05, 0) is 31.4 Å². The highest BCUT2D eigenvalue weighted by Gasteiger charge is 2.17. The average molecular weight is 227 g/mol. The van der Waals surface area contributed by atoms with Crippen molar-refractivity contribution < 1.29 is 4.79 Å². The lowest BCUT2D eigenvalue weighted by Gasteiger charge is -2.00. The topological polar surface area (TPSA) is 32.9 Å². The SMILES string of the molecule is CCc1c(C)[nH]c(C(=O)c2ccccc2)c1C. The second-order valence-corrected chi connectivity index (χ2v) is 4.28. The van der Waals surface area contributed by atoms with Crippen molar-refractivity contribution in [2.45, 2.75) is 27.2 Å². The lowest BCUT2D eigenvalue weighted by atomic mass is 10.0. The Bertz CT molecular complexity index is 538. The second-order valence-electron chi connectivity index (χ2n) is 4.28. The van der Waals surface area contributed by atoms with E-state index in [0.29, 0.717) is 0 Å². The molecule has 0 spiro atoms. The van der Waals surface area contributed by atoms with Gasteiger partial charge in [-0.15, -0.1) is 0 Å². The first-order valence-corrected chi connectivity index (χ1v) is 5.93. The van der Waals surface area contributed by atoms with Crippen LogP contribution in [0.2, 0.25) is 0 Å². The van der Waals surface area contributed by atoms with Crippen LogP contribution in [0.1, 0.15) is 39.8 Å². The van der Waals surface area contributed by atoms with Gasteiger partial charge in [0.05, 0.1) is 5.69 Å². The van der Waals surface area contributed by atoms with E-state index in [1.54, 1.807) is 0 Å². The van der Waals surface area contributed by atoms with Crippen LogP contribution in [0.3, 0.4) is 0 Å². The van der Waals surface area contributed by atoms with Crippen molar-refractivity contribution >= 4 is 5.78 Å². The molecule has 1 aromatic heterocycles. The molecule has 0 atom stereocenters. The first-order valence-electron chi connectivity index (χ1n) is 5.93. The maximum atomic E-state index is 12.3. The summed E-state index contributed by atoms with van der Waals surface area (Å²) in [6.45, 7) is 6.14. The van der Waals surface area contributed by atoms with E-state index in [1.165, 1.54) is 5.56 Å². The Labute approximate surface area is 102 Å². The Morgan fingerprint density at radius 1 is 1.18 bits per heavy atom. The number of H-pyrrole nitrogens is 1. The van der Waals surface area contributed by atoms with Crippen molar-refractivity contribution in [3.8, 4) is 0 Å². The monoisotopic (exact) mass is 227 g/mol. The maximum absolute atomic E-state index is 12.3. The molecule has 0 unspecified atom stereocenters.